The summed E-state index contributed by atoms with van der Waals surface area (Å²) in [5.41, 5.74) is 0.996. The lowest BCUT2D eigenvalue weighted by Crippen LogP contribution is -2.40. The Morgan fingerprint density at radius 3 is 2.46 bits per heavy atom. The van der Waals surface area contributed by atoms with Crippen LogP contribution >= 0.6 is 11.6 Å². The highest BCUT2D eigenvalue weighted by atomic mass is 35.5. The minimum Gasteiger partial charge on any atom is -0.497 e. The van der Waals surface area contributed by atoms with Crippen LogP contribution in [0.4, 0.5) is 4.39 Å². The van der Waals surface area contributed by atoms with E-state index in [2.05, 4.69) is 9.62 Å². The van der Waals surface area contributed by atoms with Gasteiger partial charge in [0, 0.05) is 12.6 Å². The number of methoxy groups -OCH3 is 1. The Morgan fingerprint density at radius 2 is 1.82 bits per heavy atom. The molecule has 0 aliphatic carbocycles. The molecule has 8 heteroatoms. The third-order valence-electron chi connectivity index (χ3n) is 4.98. The van der Waals surface area contributed by atoms with E-state index in [1.807, 2.05) is 24.3 Å². The van der Waals surface area contributed by atoms with Crippen molar-refractivity contribution in [2.75, 3.05) is 26.7 Å². The van der Waals surface area contributed by atoms with Crippen LogP contribution in [0.25, 0.3) is 0 Å². The molecule has 3 rings (SSSR count). The highest BCUT2D eigenvalue weighted by molar-refractivity contribution is 7.89. The zero-order valence-electron chi connectivity index (χ0n) is 15.7. The topological polar surface area (TPSA) is 58.6 Å². The third-order valence-corrected chi connectivity index (χ3v) is 6.89. The van der Waals surface area contributed by atoms with Crippen LogP contribution in [0.5, 0.6) is 5.75 Å². The molecule has 1 unspecified atom stereocenters. The maximum atomic E-state index is 13.5. The minimum absolute atomic E-state index is 0.00660. The molecule has 1 N–H and O–H groups in total. The Hall–Kier alpha value is -1.67. The second-order valence-electron chi connectivity index (χ2n) is 6.81. The van der Waals surface area contributed by atoms with E-state index < -0.39 is 15.8 Å². The summed E-state index contributed by atoms with van der Waals surface area (Å²) < 4.78 is 46.8. The number of hydrogen-bond donors (Lipinski definition) is 1. The number of rotatable bonds is 7. The van der Waals surface area contributed by atoms with Gasteiger partial charge in [0.2, 0.25) is 10.0 Å². The van der Waals surface area contributed by atoms with E-state index in [0.29, 0.717) is 0 Å². The van der Waals surface area contributed by atoms with Gasteiger partial charge in [-0.1, -0.05) is 30.2 Å². The summed E-state index contributed by atoms with van der Waals surface area (Å²) in [6.07, 6.45) is 3.33. The van der Waals surface area contributed by atoms with Crippen molar-refractivity contribution in [3.63, 3.8) is 0 Å². The molecule has 1 fully saturated rings. The molecule has 0 aromatic heterocycles. The van der Waals surface area contributed by atoms with Crippen LogP contribution in [0.1, 0.15) is 30.9 Å². The molecular weight excluding hydrogens is 403 g/mol. The van der Waals surface area contributed by atoms with E-state index >= 15 is 0 Å². The van der Waals surface area contributed by atoms with Gasteiger partial charge in [0.1, 0.15) is 16.5 Å². The van der Waals surface area contributed by atoms with Gasteiger partial charge in [-0.3, -0.25) is 4.90 Å². The normalized spacial score (nSPS) is 16.7. The molecule has 0 spiro atoms. The van der Waals surface area contributed by atoms with Crippen molar-refractivity contribution in [3.05, 3.63) is 58.9 Å². The number of halogens is 2. The molecule has 1 atom stereocenters. The lowest BCUT2D eigenvalue weighted by molar-refractivity contribution is 0.164. The largest absolute Gasteiger partial charge is 0.497 e. The predicted octanol–water partition coefficient (Wildman–Crippen LogP) is 3.99. The first-order valence-corrected chi connectivity index (χ1v) is 11.1. The Labute approximate surface area is 170 Å². The molecule has 1 aliphatic rings. The van der Waals surface area contributed by atoms with E-state index in [1.54, 1.807) is 7.11 Å². The molecule has 0 amide bonds. The van der Waals surface area contributed by atoms with Gasteiger partial charge in [0.05, 0.1) is 12.1 Å². The van der Waals surface area contributed by atoms with E-state index in [9.17, 15) is 12.8 Å². The highest BCUT2D eigenvalue weighted by Gasteiger charge is 2.26. The first-order chi connectivity index (χ1) is 13.4. The molecule has 0 saturated carbocycles. The van der Waals surface area contributed by atoms with Crippen LogP contribution in [-0.4, -0.2) is 40.1 Å². The first-order valence-electron chi connectivity index (χ1n) is 9.23. The van der Waals surface area contributed by atoms with Crippen LogP contribution in [0, 0.1) is 5.82 Å². The van der Waals surface area contributed by atoms with Gasteiger partial charge in [-0.05, 0) is 61.8 Å². The number of nitrogens with zero attached hydrogens (tertiary/aromatic N) is 1. The van der Waals surface area contributed by atoms with Gasteiger partial charge < -0.3 is 4.74 Å². The molecule has 1 heterocycles. The summed E-state index contributed by atoms with van der Waals surface area (Å²) in [6, 6.07) is 10.8. The van der Waals surface area contributed by atoms with Gasteiger partial charge in [-0.2, -0.15) is 0 Å². The zero-order chi connectivity index (χ0) is 20.1. The summed E-state index contributed by atoms with van der Waals surface area (Å²) >= 11 is 5.98. The fourth-order valence-electron chi connectivity index (χ4n) is 3.46. The lowest BCUT2D eigenvalue weighted by Gasteiger charge is -2.35. The lowest BCUT2D eigenvalue weighted by atomic mass is 10.0. The minimum atomic E-state index is -3.94. The molecule has 2 aromatic rings. The summed E-state index contributed by atoms with van der Waals surface area (Å²) in [5.74, 6) is 0.0979. The van der Waals surface area contributed by atoms with Crippen LogP contribution in [0.2, 0.25) is 5.02 Å². The third kappa shape index (κ3) is 5.03. The van der Waals surface area contributed by atoms with Crippen molar-refractivity contribution in [2.24, 2.45) is 0 Å². The molecule has 28 heavy (non-hydrogen) atoms. The number of hydrogen-bond acceptors (Lipinski definition) is 4. The molecule has 0 radical (unpaired) electrons. The Bertz CT molecular complexity index is 900. The molecule has 152 valence electrons. The van der Waals surface area contributed by atoms with Gasteiger partial charge in [-0.15, -0.1) is 0 Å². The van der Waals surface area contributed by atoms with Crippen molar-refractivity contribution in [1.82, 2.24) is 9.62 Å². The average Bonchev–Trinajstić information content (AvgIpc) is 2.71. The van der Waals surface area contributed by atoms with E-state index in [1.165, 1.54) is 12.5 Å². The number of piperidine rings is 1. The second kappa shape index (κ2) is 9.22. The summed E-state index contributed by atoms with van der Waals surface area (Å²) in [7, 11) is -2.34. The van der Waals surface area contributed by atoms with E-state index in [0.717, 1.165) is 49.4 Å². The number of benzene rings is 2. The van der Waals surface area contributed by atoms with Crippen molar-refractivity contribution in [3.8, 4) is 5.75 Å². The van der Waals surface area contributed by atoms with Crippen LogP contribution in [0.15, 0.2) is 47.4 Å². The fourth-order valence-corrected chi connectivity index (χ4v) is 5.01. The zero-order valence-corrected chi connectivity index (χ0v) is 17.3. The van der Waals surface area contributed by atoms with Crippen molar-refractivity contribution >= 4 is 21.6 Å². The standard InChI is InChI=1S/C20H24ClFN2O3S/c1-27-17-8-5-15(6-9-17)19(24-11-3-2-4-12-24)14-23-28(25,26)20-13-16(22)7-10-18(20)21/h5-10,13,19,23H,2-4,11-12,14H2,1H3. The van der Waals surface area contributed by atoms with Crippen LogP contribution in [0.3, 0.4) is 0 Å². The van der Waals surface area contributed by atoms with E-state index in [4.69, 9.17) is 16.3 Å². The molecule has 5 nitrogen and oxygen atoms in total. The maximum Gasteiger partial charge on any atom is 0.242 e. The molecular formula is C20H24ClFN2O3S. The van der Waals surface area contributed by atoms with Crippen LogP contribution < -0.4 is 9.46 Å². The van der Waals surface area contributed by atoms with Gasteiger partial charge in [0.25, 0.3) is 0 Å². The summed E-state index contributed by atoms with van der Waals surface area (Å²) in [6.45, 7) is 1.97. The van der Waals surface area contributed by atoms with E-state index in [-0.39, 0.29) is 22.5 Å². The number of sulfonamides is 1. The van der Waals surface area contributed by atoms with Crippen LogP contribution in [-0.2, 0) is 10.0 Å². The maximum absolute atomic E-state index is 13.5. The smallest absolute Gasteiger partial charge is 0.242 e. The van der Waals surface area contributed by atoms with Crippen molar-refractivity contribution < 1.29 is 17.5 Å². The van der Waals surface area contributed by atoms with Crippen molar-refractivity contribution in [1.29, 1.82) is 0 Å². The van der Waals surface area contributed by atoms with Crippen molar-refractivity contribution in [2.45, 2.75) is 30.2 Å². The first kappa shape index (κ1) is 21.0. The molecule has 2 aromatic carbocycles. The SMILES string of the molecule is COc1ccc(C(CNS(=O)(=O)c2cc(F)ccc2Cl)N2CCCCC2)cc1. The molecule has 1 saturated heterocycles. The summed E-state index contributed by atoms with van der Waals surface area (Å²) in [5, 5.41) is -0.00660. The van der Waals surface area contributed by atoms with Gasteiger partial charge >= 0.3 is 0 Å². The summed E-state index contributed by atoms with van der Waals surface area (Å²) in [4.78, 5) is 2.03. The second-order valence-corrected chi connectivity index (χ2v) is 8.95. The Morgan fingerprint density at radius 1 is 1.14 bits per heavy atom. The highest BCUT2D eigenvalue weighted by Crippen LogP contribution is 2.27. The molecule has 1 aliphatic heterocycles. The average molecular weight is 427 g/mol. The number of ether oxygens (including phenoxy) is 1. The quantitative estimate of drug-likeness (QED) is 0.727. The Kier molecular flexibility index (Phi) is 6.93. The Balaban J connectivity index is 1.83. The monoisotopic (exact) mass is 426 g/mol. The number of likely N-dealkylation sites (tertiary alicyclic amines) is 1. The van der Waals surface area contributed by atoms with Gasteiger partial charge in [0.15, 0.2) is 0 Å². The van der Waals surface area contributed by atoms with Gasteiger partial charge in [-0.25, -0.2) is 17.5 Å². The predicted molar refractivity (Wildman–Crippen MR) is 108 cm³/mol. The number of nitrogens with one attached hydrogen (secondary N) is 1. The fraction of sp³-hybridized carbons (Fsp3) is 0.400. The molecule has 0 bridgehead atoms.